The van der Waals surface area contributed by atoms with E-state index in [2.05, 4.69) is 9.97 Å². The van der Waals surface area contributed by atoms with E-state index in [0.717, 1.165) is 11.3 Å². The topological polar surface area (TPSA) is 107 Å². The predicted molar refractivity (Wildman–Crippen MR) is 118 cm³/mol. The highest BCUT2D eigenvalue weighted by atomic mass is 19.4. The normalized spacial score (nSPS) is 24.0. The van der Waals surface area contributed by atoms with Gasteiger partial charge in [0.2, 0.25) is 5.95 Å². The van der Waals surface area contributed by atoms with Gasteiger partial charge in [-0.1, -0.05) is 0 Å². The molecule has 34 heavy (non-hydrogen) atoms. The third-order valence-electron chi connectivity index (χ3n) is 7.10. The SMILES string of the molecule is Cc1c(C(=O)CN2c3nc(N4C[C@@H]5C[C@H]4CO5)cc(=O)n3CC[C@H]2C(F)(F)F)cnc(N)c1C. The molecule has 182 valence electrons. The van der Waals surface area contributed by atoms with Gasteiger partial charge in [-0.05, 0) is 37.8 Å². The summed E-state index contributed by atoms with van der Waals surface area (Å²) in [5, 5.41) is 0. The molecule has 0 amide bonds. The molecule has 9 nitrogen and oxygen atoms in total. The number of anilines is 3. The first-order valence-electron chi connectivity index (χ1n) is 11.1. The van der Waals surface area contributed by atoms with Crippen LogP contribution < -0.4 is 21.1 Å². The molecule has 3 aliphatic rings. The molecular formula is C22H25F3N6O3. The zero-order valence-corrected chi connectivity index (χ0v) is 18.8. The first kappa shape index (κ1) is 22.6. The Hall–Kier alpha value is -3.15. The van der Waals surface area contributed by atoms with E-state index < -0.39 is 30.1 Å². The highest BCUT2D eigenvalue weighted by Crippen LogP contribution is 2.36. The van der Waals surface area contributed by atoms with Gasteiger partial charge >= 0.3 is 6.18 Å². The first-order valence-corrected chi connectivity index (χ1v) is 11.1. The van der Waals surface area contributed by atoms with E-state index >= 15 is 0 Å². The number of morpholine rings is 1. The van der Waals surface area contributed by atoms with Gasteiger partial charge in [-0.2, -0.15) is 18.2 Å². The van der Waals surface area contributed by atoms with Crippen LogP contribution in [0, 0.1) is 13.8 Å². The van der Waals surface area contributed by atoms with E-state index in [0.29, 0.717) is 30.1 Å². The number of fused-ring (bicyclic) bond motifs is 3. The lowest BCUT2D eigenvalue weighted by atomic mass is 10.0. The molecule has 0 aliphatic carbocycles. The molecule has 0 spiro atoms. The Bertz CT molecular complexity index is 1210. The van der Waals surface area contributed by atoms with Crippen LogP contribution in [-0.2, 0) is 11.3 Å². The van der Waals surface area contributed by atoms with Crippen LogP contribution >= 0.6 is 0 Å². The second-order valence-electron chi connectivity index (χ2n) is 9.11. The number of pyridine rings is 1. The summed E-state index contributed by atoms with van der Waals surface area (Å²) in [5.74, 6) is -0.129. The minimum absolute atomic E-state index is 0.0235. The Morgan fingerprint density at radius 1 is 1.29 bits per heavy atom. The van der Waals surface area contributed by atoms with Crippen molar-refractivity contribution in [1.82, 2.24) is 14.5 Å². The van der Waals surface area contributed by atoms with Crippen LogP contribution in [0.15, 0.2) is 17.1 Å². The summed E-state index contributed by atoms with van der Waals surface area (Å²) >= 11 is 0. The fourth-order valence-corrected chi connectivity index (χ4v) is 5.05. The van der Waals surface area contributed by atoms with Gasteiger partial charge in [0, 0.05) is 30.9 Å². The van der Waals surface area contributed by atoms with Gasteiger partial charge in [0.1, 0.15) is 17.7 Å². The highest BCUT2D eigenvalue weighted by Gasteiger charge is 2.48. The number of halogens is 3. The maximum absolute atomic E-state index is 14.0. The Morgan fingerprint density at radius 3 is 2.71 bits per heavy atom. The van der Waals surface area contributed by atoms with Crippen molar-refractivity contribution < 1.29 is 22.7 Å². The van der Waals surface area contributed by atoms with Gasteiger partial charge in [0.15, 0.2) is 5.78 Å². The number of nitrogen functional groups attached to an aromatic ring is 1. The average molecular weight is 478 g/mol. The number of aromatic nitrogens is 3. The van der Waals surface area contributed by atoms with Crippen molar-refractivity contribution in [2.24, 2.45) is 0 Å². The molecule has 2 N–H and O–H groups in total. The standard InChI is InChI=1S/C22H25F3N6O3/c1-11-12(2)20(26)27-7-15(11)16(32)9-31-17(22(23,24)25)3-4-29-19(33)6-18(28-21(29)31)30-8-14-5-13(30)10-34-14/h6-7,13-14,17H,3-5,8-10H2,1-2H3,(H2,26,27)/t13-,14-,17-/m0/s1. The van der Waals surface area contributed by atoms with Crippen molar-refractivity contribution >= 4 is 23.4 Å². The zero-order chi connectivity index (χ0) is 24.4. The molecule has 2 saturated heterocycles. The molecule has 12 heteroatoms. The summed E-state index contributed by atoms with van der Waals surface area (Å²) in [4.78, 5) is 37.4. The second-order valence-corrected chi connectivity index (χ2v) is 9.11. The summed E-state index contributed by atoms with van der Waals surface area (Å²) in [6.07, 6.45) is -2.87. The van der Waals surface area contributed by atoms with E-state index in [4.69, 9.17) is 10.5 Å². The van der Waals surface area contributed by atoms with Gasteiger partial charge in [-0.3, -0.25) is 14.2 Å². The Kier molecular flexibility index (Phi) is 5.30. The van der Waals surface area contributed by atoms with Gasteiger partial charge in [0.05, 0.1) is 25.3 Å². The quantitative estimate of drug-likeness (QED) is 0.664. The molecule has 0 unspecified atom stereocenters. The molecule has 3 aliphatic heterocycles. The van der Waals surface area contributed by atoms with Crippen LogP contribution in [0.3, 0.4) is 0 Å². The summed E-state index contributed by atoms with van der Waals surface area (Å²) in [5.41, 5.74) is 6.70. The molecule has 0 aromatic carbocycles. The van der Waals surface area contributed by atoms with Gasteiger partial charge < -0.3 is 20.3 Å². The number of nitrogens with two attached hydrogens (primary N) is 1. The molecule has 2 bridgehead atoms. The van der Waals surface area contributed by atoms with Crippen LogP contribution in [-0.4, -0.2) is 64.4 Å². The number of ketones is 1. The first-order chi connectivity index (χ1) is 16.0. The molecule has 5 rings (SSSR count). The number of carbonyl (C=O) groups excluding carboxylic acids is 1. The molecule has 0 radical (unpaired) electrons. The molecule has 3 atom stereocenters. The van der Waals surface area contributed by atoms with Crippen LogP contribution in [0.5, 0.6) is 0 Å². The molecule has 2 fully saturated rings. The lowest BCUT2D eigenvalue weighted by Crippen LogP contribution is -2.54. The van der Waals surface area contributed by atoms with E-state index in [-0.39, 0.29) is 42.4 Å². The second kappa shape index (κ2) is 7.97. The number of alkyl halides is 3. The molecule has 0 saturated carbocycles. The lowest BCUT2D eigenvalue weighted by Gasteiger charge is -2.39. The molecule has 2 aromatic heterocycles. The molecule has 5 heterocycles. The summed E-state index contributed by atoms with van der Waals surface area (Å²) < 4.78 is 48.9. The van der Waals surface area contributed by atoms with Crippen LogP contribution in [0.1, 0.15) is 34.3 Å². The van der Waals surface area contributed by atoms with Crippen molar-refractivity contribution in [3.63, 3.8) is 0 Å². The number of Topliss-reactive ketones (excluding diaryl/α,β-unsaturated/α-hetero) is 1. The Labute approximate surface area is 193 Å². The fourth-order valence-electron chi connectivity index (χ4n) is 5.05. The number of hydrogen-bond acceptors (Lipinski definition) is 8. The lowest BCUT2D eigenvalue weighted by molar-refractivity contribution is -0.152. The maximum Gasteiger partial charge on any atom is 0.408 e. The van der Waals surface area contributed by atoms with Crippen molar-refractivity contribution in [3.05, 3.63) is 39.3 Å². The fraction of sp³-hybridized carbons (Fsp3) is 0.545. The Balaban J connectivity index is 1.55. The van der Waals surface area contributed by atoms with Crippen molar-refractivity contribution in [3.8, 4) is 0 Å². The third kappa shape index (κ3) is 3.69. The number of ether oxygens (including phenoxy) is 1. The van der Waals surface area contributed by atoms with E-state index in [9.17, 15) is 22.8 Å². The van der Waals surface area contributed by atoms with Gasteiger partial charge in [-0.25, -0.2) is 4.98 Å². The maximum atomic E-state index is 14.0. The number of carbonyl (C=O) groups is 1. The van der Waals surface area contributed by atoms with Crippen LogP contribution in [0.2, 0.25) is 0 Å². The van der Waals surface area contributed by atoms with Crippen molar-refractivity contribution in [2.45, 2.75) is 57.6 Å². The van der Waals surface area contributed by atoms with Gasteiger partial charge in [0.25, 0.3) is 5.56 Å². The minimum atomic E-state index is -4.61. The van der Waals surface area contributed by atoms with E-state index in [1.165, 1.54) is 16.8 Å². The number of rotatable bonds is 4. The highest BCUT2D eigenvalue weighted by molar-refractivity contribution is 6.00. The summed E-state index contributed by atoms with van der Waals surface area (Å²) in [7, 11) is 0. The smallest absolute Gasteiger partial charge is 0.383 e. The minimum Gasteiger partial charge on any atom is -0.383 e. The van der Waals surface area contributed by atoms with E-state index in [1.54, 1.807) is 13.8 Å². The van der Waals surface area contributed by atoms with Crippen LogP contribution in [0.4, 0.5) is 30.8 Å². The summed E-state index contributed by atoms with van der Waals surface area (Å²) in [6, 6.07) is -0.557. The largest absolute Gasteiger partial charge is 0.408 e. The van der Waals surface area contributed by atoms with Crippen molar-refractivity contribution in [2.75, 3.05) is 35.2 Å². The zero-order valence-electron chi connectivity index (χ0n) is 18.8. The number of nitrogens with zero attached hydrogens (tertiary/aromatic N) is 5. The average Bonchev–Trinajstić information content (AvgIpc) is 3.41. The summed E-state index contributed by atoms with van der Waals surface area (Å²) in [6.45, 7) is 3.66. The number of hydrogen-bond donors (Lipinski definition) is 1. The van der Waals surface area contributed by atoms with E-state index in [1.807, 2.05) is 4.90 Å². The van der Waals surface area contributed by atoms with Crippen molar-refractivity contribution in [1.29, 1.82) is 0 Å². The third-order valence-corrected chi connectivity index (χ3v) is 7.10. The monoisotopic (exact) mass is 478 g/mol. The predicted octanol–water partition coefficient (Wildman–Crippen LogP) is 1.84. The van der Waals surface area contributed by atoms with Gasteiger partial charge in [-0.15, -0.1) is 0 Å². The Morgan fingerprint density at radius 2 is 2.06 bits per heavy atom. The van der Waals surface area contributed by atoms with Crippen LogP contribution in [0.25, 0.3) is 0 Å². The molecular weight excluding hydrogens is 453 g/mol. The molecule has 2 aromatic rings.